The van der Waals surface area contributed by atoms with Gasteiger partial charge in [0.2, 0.25) is 5.91 Å². The summed E-state index contributed by atoms with van der Waals surface area (Å²) in [7, 11) is -2.38. The Bertz CT molecular complexity index is 652. The monoisotopic (exact) mass is 332 g/mol. The summed E-state index contributed by atoms with van der Waals surface area (Å²) in [5.74, 6) is -1.50. The number of sulfonamides is 1. The molecular formula is C12H16N2O5S2. The molecule has 1 saturated heterocycles. The molecule has 7 nitrogen and oxygen atoms in total. The van der Waals surface area contributed by atoms with Gasteiger partial charge in [0.05, 0.1) is 0 Å². The lowest BCUT2D eigenvalue weighted by molar-refractivity contribution is -0.125. The Morgan fingerprint density at radius 1 is 1.38 bits per heavy atom. The molecule has 1 aliphatic heterocycles. The maximum absolute atomic E-state index is 12.6. The number of nitrogens with one attached hydrogen (secondary N) is 1. The number of aromatic carboxylic acids is 1. The van der Waals surface area contributed by atoms with Crippen LogP contribution in [0, 0.1) is 0 Å². The molecule has 1 aromatic heterocycles. The first-order chi connectivity index (χ1) is 9.87. The molecule has 2 N–H and O–H groups in total. The van der Waals surface area contributed by atoms with Crippen LogP contribution in [0.2, 0.25) is 0 Å². The Hall–Kier alpha value is -1.45. The number of amides is 1. The summed E-state index contributed by atoms with van der Waals surface area (Å²) in [5.41, 5.74) is 0. The molecule has 21 heavy (non-hydrogen) atoms. The van der Waals surface area contributed by atoms with Gasteiger partial charge < -0.3 is 10.4 Å². The third-order valence-corrected chi connectivity index (χ3v) is 6.81. The zero-order valence-electron chi connectivity index (χ0n) is 11.4. The van der Waals surface area contributed by atoms with E-state index in [0.717, 1.165) is 6.42 Å². The number of carbonyl (C=O) groups is 2. The van der Waals surface area contributed by atoms with Crippen LogP contribution in [-0.2, 0) is 14.8 Å². The van der Waals surface area contributed by atoms with Gasteiger partial charge in [0.1, 0.15) is 15.1 Å². The van der Waals surface area contributed by atoms with E-state index in [1.54, 1.807) is 0 Å². The van der Waals surface area contributed by atoms with Crippen LogP contribution in [0.5, 0.6) is 0 Å². The first-order valence-electron chi connectivity index (χ1n) is 6.44. The van der Waals surface area contributed by atoms with Crippen molar-refractivity contribution in [2.24, 2.45) is 0 Å². The Morgan fingerprint density at radius 3 is 2.67 bits per heavy atom. The van der Waals surface area contributed by atoms with Gasteiger partial charge in [0.25, 0.3) is 10.0 Å². The quantitative estimate of drug-likeness (QED) is 0.846. The van der Waals surface area contributed by atoms with Crippen LogP contribution in [-0.4, -0.2) is 49.3 Å². The van der Waals surface area contributed by atoms with Gasteiger partial charge >= 0.3 is 5.97 Å². The van der Waals surface area contributed by atoms with Crippen molar-refractivity contribution in [2.75, 3.05) is 13.6 Å². The molecule has 0 aliphatic carbocycles. The summed E-state index contributed by atoms with van der Waals surface area (Å²) < 4.78 is 26.4. The SMILES string of the molecule is CNC(=O)C1CCCCN1S(=O)(=O)c1ccc(C(=O)O)s1. The van der Waals surface area contributed by atoms with Gasteiger partial charge in [-0.2, -0.15) is 4.31 Å². The van der Waals surface area contributed by atoms with Crippen molar-refractivity contribution in [1.29, 1.82) is 0 Å². The Morgan fingerprint density at radius 2 is 2.10 bits per heavy atom. The number of thiophene rings is 1. The third-order valence-electron chi connectivity index (χ3n) is 3.36. The number of carboxylic acids is 1. The van der Waals surface area contributed by atoms with Gasteiger partial charge in [-0.1, -0.05) is 6.42 Å². The Balaban J connectivity index is 2.35. The van der Waals surface area contributed by atoms with Crippen LogP contribution < -0.4 is 5.32 Å². The van der Waals surface area contributed by atoms with Crippen LogP contribution in [0.3, 0.4) is 0 Å². The van der Waals surface area contributed by atoms with E-state index < -0.39 is 22.0 Å². The van der Waals surface area contributed by atoms with Gasteiger partial charge in [-0.3, -0.25) is 4.79 Å². The number of hydrogen-bond donors (Lipinski definition) is 2. The van der Waals surface area contributed by atoms with Crippen molar-refractivity contribution in [3.8, 4) is 0 Å². The van der Waals surface area contributed by atoms with Crippen molar-refractivity contribution in [3.05, 3.63) is 17.0 Å². The average Bonchev–Trinajstić information content (AvgIpc) is 2.97. The topological polar surface area (TPSA) is 104 Å². The summed E-state index contributed by atoms with van der Waals surface area (Å²) in [6, 6.07) is 1.81. The van der Waals surface area contributed by atoms with Gasteiger partial charge in [-0.25, -0.2) is 13.2 Å². The van der Waals surface area contributed by atoms with Gasteiger partial charge in [-0.15, -0.1) is 11.3 Å². The highest BCUT2D eigenvalue weighted by Crippen LogP contribution is 2.29. The number of carbonyl (C=O) groups excluding carboxylic acids is 1. The van der Waals surface area contributed by atoms with E-state index in [-0.39, 0.29) is 21.5 Å². The summed E-state index contributed by atoms with van der Waals surface area (Å²) in [5, 5.41) is 11.4. The van der Waals surface area contributed by atoms with Crippen LogP contribution in [0.1, 0.15) is 28.9 Å². The predicted molar refractivity (Wildman–Crippen MR) is 76.9 cm³/mol. The highest BCUT2D eigenvalue weighted by molar-refractivity contribution is 7.91. The maximum Gasteiger partial charge on any atom is 0.345 e. The molecule has 1 fully saturated rings. The van der Waals surface area contributed by atoms with E-state index in [9.17, 15) is 18.0 Å². The fourth-order valence-electron chi connectivity index (χ4n) is 2.31. The average molecular weight is 332 g/mol. The molecule has 2 heterocycles. The van der Waals surface area contributed by atoms with E-state index in [1.807, 2.05) is 0 Å². The maximum atomic E-state index is 12.6. The molecule has 9 heteroatoms. The highest BCUT2D eigenvalue weighted by Gasteiger charge is 2.38. The first-order valence-corrected chi connectivity index (χ1v) is 8.70. The van der Waals surface area contributed by atoms with Crippen molar-refractivity contribution >= 4 is 33.2 Å². The third kappa shape index (κ3) is 3.09. The summed E-state index contributed by atoms with van der Waals surface area (Å²) in [6.07, 6.45) is 1.94. The second-order valence-corrected chi connectivity index (χ2v) is 7.87. The molecule has 1 aliphatic rings. The number of carboxylic acid groups (broad SMARTS) is 1. The molecular weight excluding hydrogens is 316 g/mol. The van der Waals surface area contributed by atoms with Crippen LogP contribution >= 0.6 is 11.3 Å². The first kappa shape index (κ1) is 15.9. The van der Waals surface area contributed by atoms with Gasteiger partial charge in [0.15, 0.2) is 0 Å². The molecule has 2 rings (SSSR count). The normalized spacial score (nSPS) is 20.1. The molecule has 0 spiro atoms. The fraction of sp³-hybridized carbons (Fsp3) is 0.500. The fourth-order valence-corrected chi connectivity index (χ4v) is 5.24. The molecule has 1 amide bonds. The van der Waals surface area contributed by atoms with Crippen LogP contribution in [0.15, 0.2) is 16.3 Å². The number of nitrogens with zero attached hydrogens (tertiary/aromatic N) is 1. The smallest absolute Gasteiger partial charge is 0.345 e. The lowest BCUT2D eigenvalue weighted by Gasteiger charge is -2.32. The summed E-state index contributed by atoms with van der Waals surface area (Å²) in [6.45, 7) is 0.265. The minimum Gasteiger partial charge on any atom is -0.477 e. The predicted octanol–water partition coefficient (Wildman–Crippen LogP) is 0.735. The lowest BCUT2D eigenvalue weighted by Crippen LogP contribution is -2.50. The molecule has 0 aromatic carbocycles. The lowest BCUT2D eigenvalue weighted by atomic mass is 10.0. The van der Waals surface area contributed by atoms with E-state index >= 15 is 0 Å². The molecule has 0 saturated carbocycles. The van der Waals surface area contributed by atoms with Crippen molar-refractivity contribution in [2.45, 2.75) is 29.5 Å². The largest absolute Gasteiger partial charge is 0.477 e. The standard InChI is InChI=1S/C12H16N2O5S2/c1-13-11(15)8-4-2-3-7-14(8)21(18,19)10-6-5-9(20-10)12(16)17/h5-6,8H,2-4,7H2,1H3,(H,13,15)(H,16,17). The second-order valence-electron chi connectivity index (χ2n) is 4.67. The molecule has 1 unspecified atom stereocenters. The van der Waals surface area contributed by atoms with Crippen molar-refractivity contribution in [1.82, 2.24) is 9.62 Å². The second kappa shape index (κ2) is 6.12. The summed E-state index contributed by atoms with van der Waals surface area (Å²) in [4.78, 5) is 22.7. The van der Waals surface area contributed by atoms with E-state index in [2.05, 4.69) is 5.32 Å². The number of rotatable bonds is 4. The van der Waals surface area contributed by atoms with E-state index in [0.29, 0.717) is 24.2 Å². The van der Waals surface area contributed by atoms with Crippen molar-refractivity contribution in [3.63, 3.8) is 0 Å². The highest BCUT2D eigenvalue weighted by atomic mass is 32.2. The molecule has 0 bridgehead atoms. The van der Waals surface area contributed by atoms with Crippen molar-refractivity contribution < 1.29 is 23.1 Å². The van der Waals surface area contributed by atoms with E-state index in [1.165, 1.54) is 23.5 Å². The molecule has 0 radical (unpaired) electrons. The molecule has 1 aromatic rings. The number of piperidine rings is 1. The number of hydrogen-bond acceptors (Lipinski definition) is 5. The zero-order chi connectivity index (χ0) is 15.6. The van der Waals surface area contributed by atoms with E-state index in [4.69, 9.17) is 5.11 Å². The van der Waals surface area contributed by atoms with Gasteiger partial charge in [-0.05, 0) is 25.0 Å². The minimum atomic E-state index is -3.85. The Labute approximate surface area is 126 Å². The number of likely N-dealkylation sites (N-methyl/N-ethyl adjacent to an activating group) is 1. The Kier molecular flexibility index (Phi) is 4.64. The van der Waals surface area contributed by atoms with Gasteiger partial charge in [0, 0.05) is 13.6 Å². The zero-order valence-corrected chi connectivity index (χ0v) is 13.0. The summed E-state index contributed by atoms with van der Waals surface area (Å²) >= 11 is 0.702. The molecule has 116 valence electrons. The minimum absolute atomic E-state index is 0.0397. The van der Waals surface area contributed by atoms with Crippen LogP contribution in [0.25, 0.3) is 0 Å². The van der Waals surface area contributed by atoms with Crippen LogP contribution in [0.4, 0.5) is 0 Å². The molecule has 1 atom stereocenters.